The fourth-order valence-corrected chi connectivity index (χ4v) is 1.62. The summed E-state index contributed by atoms with van der Waals surface area (Å²) in [6.45, 7) is 10.2. The van der Waals surface area contributed by atoms with Crippen LogP contribution in [-0.4, -0.2) is 0 Å². The first-order valence-electron chi connectivity index (χ1n) is 6.59. The molecule has 94 valence electrons. The summed E-state index contributed by atoms with van der Waals surface area (Å²) >= 11 is 0. The summed E-state index contributed by atoms with van der Waals surface area (Å²) in [5.74, 6) is 0. The molecule has 0 saturated carbocycles. The standard InChI is InChI=1S/C17H26/c1-5-9-11-12-15-16(8-4)17(13-7-3)14-10-6-2/h7-11,13-14H,3,5-6,12,15H2,1-2,4H3/b11-9-,14-10+,16-8-,17-13-. The van der Waals surface area contributed by atoms with Crippen LogP contribution in [0.1, 0.15) is 46.5 Å². The second-order valence-electron chi connectivity index (χ2n) is 3.90. The molecule has 0 aromatic carbocycles. The SMILES string of the molecule is C=C/C=C(/C=C/CC)C(=C/C)\CC/C=C\CC. The van der Waals surface area contributed by atoms with Crippen molar-refractivity contribution in [2.24, 2.45) is 0 Å². The van der Waals surface area contributed by atoms with Gasteiger partial charge in [-0.3, -0.25) is 0 Å². The smallest absolute Gasteiger partial charge is 0.0231 e. The van der Waals surface area contributed by atoms with Gasteiger partial charge in [0.2, 0.25) is 0 Å². The van der Waals surface area contributed by atoms with E-state index < -0.39 is 0 Å². The van der Waals surface area contributed by atoms with Gasteiger partial charge in [0.1, 0.15) is 0 Å². The Morgan fingerprint density at radius 1 is 1.06 bits per heavy atom. The Bertz CT molecular complexity index is 311. The Kier molecular flexibility index (Phi) is 10.3. The molecule has 0 unspecified atom stereocenters. The van der Waals surface area contributed by atoms with Crippen LogP contribution >= 0.6 is 0 Å². The van der Waals surface area contributed by atoms with E-state index in [9.17, 15) is 0 Å². The minimum absolute atomic E-state index is 1.07. The van der Waals surface area contributed by atoms with Crippen LogP contribution in [0.3, 0.4) is 0 Å². The molecule has 0 radical (unpaired) electrons. The van der Waals surface area contributed by atoms with Crippen molar-refractivity contribution in [3.63, 3.8) is 0 Å². The summed E-state index contributed by atoms with van der Waals surface area (Å²) < 4.78 is 0. The Morgan fingerprint density at radius 3 is 2.29 bits per heavy atom. The van der Waals surface area contributed by atoms with Gasteiger partial charge < -0.3 is 0 Å². The zero-order valence-corrected chi connectivity index (χ0v) is 11.6. The molecule has 0 nitrogen and oxygen atoms in total. The van der Waals surface area contributed by atoms with Gasteiger partial charge in [0.25, 0.3) is 0 Å². The summed E-state index contributed by atoms with van der Waals surface area (Å²) in [5.41, 5.74) is 2.68. The molecule has 0 bridgehead atoms. The molecule has 0 heteroatoms. The van der Waals surface area contributed by atoms with Gasteiger partial charge in [0.05, 0.1) is 0 Å². The number of hydrogen-bond donors (Lipinski definition) is 0. The molecule has 0 aromatic heterocycles. The van der Waals surface area contributed by atoms with E-state index in [0.717, 1.165) is 25.7 Å². The molecule has 0 saturated heterocycles. The Balaban J connectivity index is 4.59. The molecule has 0 aliphatic heterocycles. The third kappa shape index (κ3) is 7.57. The van der Waals surface area contributed by atoms with Gasteiger partial charge in [-0.25, -0.2) is 0 Å². The van der Waals surface area contributed by atoms with Gasteiger partial charge in [-0.15, -0.1) is 0 Å². The highest BCUT2D eigenvalue weighted by Gasteiger charge is 1.99. The first-order valence-corrected chi connectivity index (χ1v) is 6.59. The molecule has 0 aromatic rings. The normalized spacial score (nSPS) is 13.8. The maximum Gasteiger partial charge on any atom is -0.0231 e. The predicted octanol–water partition coefficient (Wildman–Crippen LogP) is 5.76. The van der Waals surface area contributed by atoms with Crippen LogP contribution < -0.4 is 0 Å². The minimum Gasteiger partial charge on any atom is -0.0990 e. The Labute approximate surface area is 107 Å². The lowest BCUT2D eigenvalue weighted by atomic mass is 9.99. The molecule has 0 rings (SSSR count). The summed E-state index contributed by atoms with van der Waals surface area (Å²) in [5, 5.41) is 0. The molecule has 0 atom stereocenters. The van der Waals surface area contributed by atoms with Gasteiger partial charge in [-0.2, -0.15) is 0 Å². The lowest BCUT2D eigenvalue weighted by molar-refractivity contribution is 0.981. The molecule has 0 N–H and O–H groups in total. The molecule has 0 amide bonds. The molecule has 17 heavy (non-hydrogen) atoms. The van der Waals surface area contributed by atoms with Crippen molar-refractivity contribution >= 4 is 0 Å². The fraction of sp³-hybridized carbons (Fsp3) is 0.412. The lowest BCUT2D eigenvalue weighted by Crippen LogP contribution is -1.87. The van der Waals surface area contributed by atoms with Crippen LogP contribution in [0.15, 0.2) is 60.3 Å². The number of rotatable bonds is 8. The summed E-state index contributed by atoms with van der Waals surface area (Å²) in [4.78, 5) is 0. The van der Waals surface area contributed by atoms with E-state index >= 15 is 0 Å². The van der Waals surface area contributed by atoms with Crippen molar-refractivity contribution < 1.29 is 0 Å². The zero-order valence-electron chi connectivity index (χ0n) is 11.6. The summed E-state index contributed by atoms with van der Waals surface area (Å²) in [6.07, 6.45) is 19.4. The van der Waals surface area contributed by atoms with Crippen LogP contribution in [-0.2, 0) is 0 Å². The van der Waals surface area contributed by atoms with Gasteiger partial charge in [-0.1, -0.05) is 63.0 Å². The largest absolute Gasteiger partial charge is 0.0990 e. The van der Waals surface area contributed by atoms with Crippen molar-refractivity contribution in [3.8, 4) is 0 Å². The lowest BCUT2D eigenvalue weighted by Gasteiger charge is -2.06. The highest BCUT2D eigenvalue weighted by atomic mass is 14.0. The fourth-order valence-electron chi connectivity index (χ4n) is 1.62. The first-order chi connectivity index (χ1) is 8.29. The molecule has 0 fully saturated rings. The van der Waals surface area contributed by atoms with E-state index in [1.807, 2.05) is 6.08 Å². The van der Waals surface area contributed by atoms with Crippen molar-refractivity contribution in [1.82, 2.24) is 0 Å². The molecule has 0 aliphatic carbocycles. The highest BCUT2D eigenvalue weighted by molar-refractivity contribution is 5.41. The van der Waals surface area contributed by atoms with Crippen molar-refractivity contribution in [2.45, 2.75) is 46.5 Å². The molecule has 0 aliphatic rings. The average molecular weight is 230 g/mol. The summed E-state index contributed by atoms with van der Waals surface area (Å²) in [7, 11) is 0. The zero-order chi connectivity index (χ0) is 12.9. The van der Waals surface area contributed by atoms with Crippen LogP contribution in [0.25, 0.3) is 0 Å². The van der Waals surface area contributed by atoms with Crippen molar-refractivity contribution in [3.05, 3.63) is 60.3 Å². The molecular weight excluding hydrogens is 204 g/mol. The third-order valence-electron chi connectivity index (χ3n) is 2.53. The van der Waals surface area contributed by atoms with E-state index in [-0.39, 0.29) is 0 Å². The number of allylic oxidation sites excluding steroid dienone is 9. The van der Waals surface area contributed by atoms with E-state index in [4.69, 9.17) is 0 Å². The third-order valence-corrected chi connectivity index (χ3v) is 2.53. The number of hydrogen-bond acceptors (Lipinski definition) is 0. The van der Waals surface area contributed by atoms with E-state index in [1.165, 1.54) is 11.1 Å². The van der Waals surface area contributed by atoms with Crippen LogP contribution in [0.2, 0.25) is 0 Å². The van der Waals surface area contributed by atoms with Crippen molar-refractivity contribution in [1.29, 1.82) is 0 Å². The molecule has 0 heterocycles. The second kappa shape index (κ2) is 11.2. The average Bonchev–Trinajstić information content (AvgIpc) is 2.35. The van der Waals surface area contributed by atoms with Gasteiger partial charge in [-0.05, 0) is 43.8 Å². The summed E-state index contributed by atoms with van der Waals surface area (Å²) in [6, 6.07) is 0. The quantitative estimate of drug-likeness (QED) is 0.367. The van der Waals surface area contributed by atoms with Crippen molar-refractivity contribution in [2.75, 3.05) is 0 Å². The van der Waals surface area contributed by atoms with Crippen LogP contribution in [0, 0.1) is 0 Å². The second-order valence-corrected chi connectivity index (χ2v) is 3.90. The molecular formula is C17H26. The maximum atomic E-state index is 3.78. The minimum atomic E-state index is 1.07. The van der Waals surface area contributed by atoms with Gasteiger partial charge in [0.15, 0.2) is 0 Å². The maximum absolute atomic E-state index is 3.78. The predicted molar refractivity (Wildman–Crippen MR) is 80.1 cm³/mol. The topological polar surface area (TPSA) is 0 Å². The van der Waals surface area contributed by atoms with Crippen LogP contribution in [0.5, 0.6) is 0 Å². The monoisotopic (exact) mass is 230 g/mol. The van der Waals surface area contributed by atoms with Crippen LogP contribution in [0.4, 0.5) is 0 Å². The van der Waals surface area contributed by atoms with E-state index in [0.29, 0.717) is 0 Å². The highest BCUT2D eigenvalue weighted by Crippen LogP contribution is 2.18. The van der Waals surface area contributed by atoms with E-state index in [1.54, 1.807) is 0 Å². The van der Waals surface area contributed by atoms with E-state index in [2.05, 4.69) is 63.8 Å². The Morgan fingerprint density at radius 2 is 1.76 bits per heavy atom. The Hall–Kier alpha value is -1.30. The molecule has 0 spiro atoms. The van der Waals surface area contributed by atoms with Gasteiger partial charge in [0, 0.05) is 0 Å². The van der Waals surface area contributed by atoms with Gasteiger partial charge >= 0.3 is 0 Å². The first kappa shape index (κ1) is 15.7.